The van der Waals surface area contributed by atoms with Gasteiger partial charge in [0.2, 0.25) is 0 Å². The minimum atomic E-state index is -0.679. The largest absolute Gasteiger partial charge is 0.481 e. The molecule has 0 aromatic heterocycles. The first kappa shape index (κ1) is 24.8. The maximum absolute atomic E-state index is 12.8. The van der Waals surface area contributed by atoms with E-state index in [2.05, 4.69) is 54.5 Å². The lowest BCUT2D eigenvalue weighted by Crippen LogP contribution is -2.67. The van der Waals surface area contributed by atoms with Crippen LogP contribution in [0.25, 0.3) is 0 Å². The molecule has 0 radical (unpaired) electrons. The van der Waals surface area contributed by atoms with Crippen molar-refractivity contribution in [2.24, 2.45) is 56.7 Å². The van der Waals surface area contributed by atoms with Gasteiger partial charge < -0.3 is 15.3 Å². The van der Waals surface area contributed by atoms with Crippen LogP contribution in [-0.4, -0.2) is 33.5 Å². The summed E-state index contributed by atoms with van der Waals surface area (Å²) < 4.78 is 0. The van der Waals surface area contributed by atoms with Crippen molar-refractivity contribution in [3.05, 3.63) is 11.6 Å². The molecule has 4 saturated carbocycles. The van der Waals surface area contributed by atoms with Crippen LogP contribution in [-0.2, 0) is 4.79 Å². The lowest BCUT2D eigenvalue weighted by atomic mass is 9.33. The number of fused-ring (bicyclic) bond motifs is 7. The summed E-state index contributed by atoms with van der Waals surface area (Å²) in [6.07, 6.45) is 8.53. The Kier molecular flexibility index (Phi) is 5.36. The van der Waals surface area contributed by atoms with Gasteiger partial charge >= 0.3 is 5.97 Å². The predicted octanol–water partition coefficient (Wildman–Crippen LogP) is 6.06. The molecule has 0 aromatic rings. The second-order valence-electron chi connectivity index (χ2n) is 14.6. The Morgan fingerprint density at radius 1 is 0.941 bits per heavy atom. The molecule has 0 aliphatic heterocycles. The number of carboxylic acid groups (broad SMARTS) is 1. The van der Waals surface area contributed by atoms with Crippen molar-refractivity contribution in [3.8, 4) is 0 Å². The first-order valence-corrected chi connectivity index (χ1v) is 14.0. The van der Waals surface area contributed by atoms with Crippen LogP contribution in [0.2, 0.25) is 0 Å². The first-order chi connectivity index (χ1) is 15.7. The molecule has 0 amide bonds. The van der Waals surface area contributed by atoms with Gasteiger partial charge in [-0.3, -0.25) is 4.79 Å². The SMILES string of the molecule is C[C@H]1[C@H](C)CC[C@@]2(C(=O)O)CC[C@@]3(C)C(=CC[C@@H]4[C@@]5(C)C[C@@H](O)[C@H](O)C(C)(C)[C@H]5CC[C@@]43C)[C@@H]12. The summed E-state index contributed by atoms with van der Waals surface area (Å²) in [5, 5.41) is 32.4. The van der Waals surface area contributed by atoms with Gasteiger partial charge in [-0.1, -0.05) is 60.1 Å². The van der Waals surface area contributed by atoms with Crippen LogP contribution in [0.5, 0.6) is 0 Å². The third kappa shape index (κ3) is 2.76. The van der Waals surface area contributed by atoms with Crippen LogP contribution >= 0.6 is 0 Å². The fourth-order valence-electron chi connectivity index (χ4n) is 11.0. The molecular formula is C30H48O4. The summed E-state index contributed by atoms with van der Waals surface area (Å²) in [4.78, 5) is 12.8. The van der Waals surface area contributed by atoms with Crippen molar-refractivity contribution in [2.45, 2.75) is 112 Å². The van der Waals surface area contributed by atoms with E-state index in [9.17, 15) is 20.1 Å². The average Bonchev–Trinajstić information content (AvgIpc) is 2.75. The number of aliphatic hydroxyl groups excluding tert-OH is 2. The lowest BCUT2D eigenvalue weighted by Gasteiger charge is -2.71. The Bertz CT molecular complexity index is 907. The molecule has 0 saturated heterocycles. The van der Waals surface area contributed by atoms with E-state index in [1.807, 2.05) is 0 Å². The van der Waals surface area contributed by atoms with Gasteiger partial charge in [-0.15, -0.1) is 0 Å². The molecule has 5 aliphatic carbocycles. The number of hydrogen-bond donors (Lipinski definition) is 3. The Hall–Kier alpha value is -0.870. The molecule has 192 valence electrons. The minimum absolute atomic E-state index is 0.00993. The van der Waals surface area contributed by atoms with Crippen molar-refractivity contribution in [3.63, 3.8) is 0 Å². The quantitative estimate of drug-likeness (QED) is 0.405. The fourth-order valence-corrected chi connectivity index (χ4v) is 11.0. The van der Waals surface area contributed by atoms with Crippen LogP contribution in [0.15, 0.2) is 11.6 Å². The monoisotopic (exact) mass is 472 g/mol. The van der Waals surface area contributed by atoms with Crippen LogP contribution in [0, 0.1) is 56.7 Å². The van der Waals surface area contributed by atoms with Crippen LogP contribution in [0.3, 0.4) is 0 Å². The molecule has 0 bridgehead atoms. The summed E-state index contributed by atoms with van der Waals surface area (Å²) in [6, 6.07) is 0. The number of rotatable bonds is 1. The van der Waals surface area contributed by atoms with Crippen molar-refractivity contribution in [1.82, 2.24) is 0 Å². The van der Waals surface area contributed by atoms with Crippen molar-refractivity contribution >= 4 is 5.97 Å². The van der Waals surface area contributed by atoms with Crippen molar-refractivity contribution in [2.75, 3.05) is 0 Å². The summed E-state index contributed by atoms with van der Waals surface area (Å²) in [6.45, 7) is 16.3. The topological polar surface area (TPSA) is 77.8 Å². The van der Waals surface area contributed by atoms with Crippen molar-refractivity contribution in [1.29, 1.82) is 0 Å². The Labute approximate surface area is 206 Å². The van der Waals surface area contributed by atoms with Crippen LogP contribution < -0.4 is 0 Å². The molecule has 4 fully saturated rings. The summed E-state index contributed by atoms with van der Waals surface area (Å²) in [5.74, 6) is 1.30. The Morgan fingerprint density at radius 2 is 1.62 bits per heavy atom. The van der Waals surface area contributed by atoms with E-state index < -0.39 is 23.6 Å². The van der Waals surface area contributed by atoms with Gasteiger partial charge in [-0.05, 0) is 103 Å². The highest BCUT2D eigenvalue weighted by atomic mass is 16.4. The third-order valence-electron chi connectivity index (χ3n) is 13.4. The lowest BCUT2D eigenvalue weighted by molar-refractivity contribution is -0.232. The zero-order valence-corrected chi connectivity index (χ0v) is 22.5. The summed E-state index contributed by atoms with van der Waals surface area (Å²) >= 11 is 0. The van der Waals surface area contributed by atoms with Crippen molar-refractivity contribution < 1.29 is 20.1 Å². The molecule has 11 atom stereocenters. The number of aliphatic hydroxyl groups is 2. The summed E-state index contributed by atoms with van der Waals surface area (Å²) in [7, 11) is 0. The van der Waals surface area contributed by atoms with Gasteiger partial charge in [0.05, 0.1) is 17.6 Å². The van der Waals surface area contributed by atoms with E-state index in [0.717, 1.165) is 44.9 Å². The number of allylic oxidation sites excluding steroid dienone is 2. The minimum Gasteiger partial charge on any atom is -0.481 e. The maximum Gasteiger partial charge on any atom is 0.310 e. The number of carbonyl (C=O) groups is 1. The predicted molar refractivity (Wildman–Crippen MR) is 134 cm³/mol. The van der Waals surface area contributed by atoms with Crippen LogP contribution in [0.4, 0.5) is 0 Å². The maximum atomic E-state index is 12.8. The van der Waals surface area contributed by atoms with E-state index in [4.69, 9.17) is 0 Å². The fraction of sp³-hybridized carbons (Fsp3) is 0.900. The van der Waals surface area contributed by atoms with E-state index >= 15 is 0 Å². The molecule has 4 nitrogen and oxygen atoms in total. The normalized spacial score (nSPS) is 56.3. The zero-order chi connectivity index (χ0) is 25.1. The number of carboxylic acids is 1. The molecule has 0 heterocycles. The molecule has 5 rings (SSSR count). The molecule has 0 spiro atoms. The van der Waals surface area contributed by atoms with E-state index in [1.54, 1.807) is 0 Å². The zero-order valence-electron chi connectivity index (χ0n) is 22.5. The number of aliphatic carboxylic acids is 1. The van der Waals surface area contributed by atoms with Gasteiger partial charge in [0.1, 0.15) is 0 Å². The third-order valence-corrected chi connectivity index (χ3v) is 13.4. The molecule has 0 aromatic carbocycles. The first-order valence-electron chi connectivity index (χ1n) is 14.0. The highest BCUT2D eigenvalue weighted by molar-refractivity contribution is 5.76. The molecule has 34 heavy (non-hydrogen) atoms. The molecule has 3 N–H and O–H groups in total. The molecule has 4 heteroatoms. The van der Waals surface area contributed by atoms with Gasteiger partial charge in [0, 0.05) is 0 Å². The van der Waals surface area contributed by atoms with Crippen LogP contribution in [0.1, 0.15) is 99.8 Å². The molecule has 5 aliphatic rings. The highest BCUT2D eigenvalue weighted by Crippen LogP contribution is 2.75. The average molecular weight is 473 g/mol. The van der Waals surface area contributed by atoms with Gasteiger partial charge in [0.25, 0.3) is 0 Å². The van der Waals surface area contributed by atoms with E-state index in [-0.39, 0.29) is 27.6 Å². The Morgan fingerprint density at radius 3 is 2.26 bits per heavy atom. The number of hydrogen-bond acceptors (Lipinski definition) is 3. The van der Waals surface area contributed by atoms with Gasteiger partial charge in [-0.25, -0.2) is 0 Å². The Balaban J connectivity index is 1.62. The van der Waals surface area contributed by atoms with Gasteiger partial charge in [0.15, 0.2) is 0 Å². The van der Waals surface area contributed by atoms with Gasteiger partial charge in [-0.2, -0.15) is 0 Å². The second-order valence-corrected chi connectivity index (χ2v) is 14.6. The van der Waals surface area contributed by atoms with E-state index in [1.165, 1.54) is 5.57 Å². The molecular weight excluding hydrogens is 424 g/mol. The second kappa shape index (κ2) is 7.34. The highest BCUT2D eigenvalue weighted by Gasteiger charge is 2.70. The standard InChI is InChI=1S/C30H48O4/c1-17-10-13-30(25(33)34)15-14-28(6)19(23(30)18(17)2)8-9-22-27(5)16-20(31)24(32)26(3,4)21(27)11-12-29(22,28)7/h8,17-18,20-24,31-32H,9-16H2,1-7H3,(H,33,34)/t17-,18+,20-,21-,22-,23-,24+,27+,28+,29+,30-/m1/s1. The smallest absolute Gasteiger partial charge is 0.310 e. The summed E-state index contributed by atoms with van der Waals surface area (Å²) in [5.41, 5.74) is 0.574. The van der Waals surface area contributed by atoms with E-state index in [0.29, 0.717) is 30.1 Å². The molecule has 0 unspecified atom stereocenters.